The lowest BCUT2D eigenvalue weighted by molar-refractivity contribution is -0.143. The van der Waals surface area contributed by atoms with Crippen molar-refractivity contribution in [1.82, 2.24) is 4.90 Å². The molecule has 19 heavy (non-hydrogen) atoms. The van der Waals surface area contributed by atoms with Gasteiger partial charge < -0.3 is 14.7 Å². The van der Waals surface area contributed by atoms with E-state index in [1.54, 1.807) is 0 Å². The quantitative estimate of drug-likeness (QED) is 0.829. The Morgan fingerprint density at radius 1 is 1.26 bits per heavy atom. The summed E-state index contributed by atoms with van der Waals surface area (Å²) in [7, 11) is 0. The van der Waals surface area contributed by atoms with E-state index in [1.807, 2.05) is 25.7 Å². The Kier molecular flexibility index (Phi) is 5.79. The largest absolute Gasteiger partial charge is 0.481 e. The average Bonchev–Trinajstić information content (AvgIpc) is 2.33. The van der Waals surface area contributed by atoms with E-state index in [4.69, 9.17) is 9.84 Å². The van der Waals surface area contributed by atoms with Crippen molar-refractivity contribution in [2.45, 2.75) is 52.1 Å². The van der Waals surface area contributed by atoms with Crippen molar-refractivity contribution in [3.8, 4) is 0 Å². The third-order valence-corrected chi connectivity index (χ3v) is 3.36. The number of carboxylic acids is 1. The Hall–Kier alpha value is -1.10. The molecule has 0 atom stereocenters. The molecule has 1 aliphatic heterocycles. The second kappa shape index (κ2) is 6.89. The summed E-state index contributed by atoms with van der Waals surface area (Å²) in [5.74, 6) is -0.271. The van der Waals surface area contributed by atoms with Crippen molar-refractivity contribution in [3.63, 3.8) is 0 Å². The lowest BCUT2D eigenvalue weighted by atomic mass is 9.92. The minimum atomic E-state index is -0.739. The van der Waals surface area contributed by atoms with E-state index in [0.717, 1.165) is 32.4 Å². The predicted octanol–water partition coefficient (Wildman–Crippen LogP) is 1.90. The summed E-state index contributed by atoms with van der Waals surface area (Å²) in [4.78, 5) is 24.3. The van der Waals surface area contributed by atoms with Gasteiger partial charge in [0.1, 0.15) is 6.61 Å². The second-order valence-electron chi connectivity index (χ2n) is 6.16. The number of amides is 1. The Balaban J connectivity index is 2.25. The normalized spacial score (nSPS) is 17.5. The standard InChI is InChI=1S/C14H25NO4/c1-14(2,3)19-10-12(16)15-8-6-11(7-9-15)4-5-13(17)18/h11H,4-10H2,1-3H3,(H,17,18). The van der Waals surface area contributed by atoms with Crippen LogP contribution in [0.15, 0.2) is 0 Å². The van der Waals surface area contributed by atoms with Crippen molar-refractivity contribution < 1.29 is 19.4 Å². The molecule has 1 heterocycles. The summed E-state index contributed by atoms with van der Waals surface area (Å²) in [5.41, 5.74) is -0.296. The number of rotatable bonds is 5. The van der Waals surface area contributed by atoms with Crippen LogP contribution < -0.4 is 0 Å². The number of carbonyl (C=O) groups is 2. The molecule has 0 spiro atoms. The average molecular weight is 271 g/mol. The number of likely N-dealkylation sites (tertiary alicyclic amines) is 1. The van der Waals surface area contributed by atoms with Crippen LogP contribution in [0.4, 0.5) is 0 Å². The Labute approximate surface area is 114 Å². The molecule has 110 valence electrons. The van der Waals surface area contributed by atoms with Crippen LogP contribution in [0.25, 0.3) is 0 Å². The molecule has 0 radical (unpaired) electrons. The van der Waals surface area contributed by atoms with Gasteiger partial charge in [0, 0.05) is 19.5 Å². The van der Waals surface area contributed by atoms with Crippen LogP contribution >= 0.6 is 0 Å². The van der Waals surface area contributed by atoms with E-state index in [1.165, 1.54) is 0 Å². The number of hydrogen-bond donors (Lipinski definition) is 1. The molecular formula is C14H25NO4. The van der Waals surface area contributed by atoms with E-state index >= 15 is 0 Å². The van der Waals surface area contributed by atoms with Gasteiger partial charge in [-0.2, -0.15) is 0 Å². The third kappa shape index (κ3) is 6.57. The summed E-state index contributed by atoms with van der Waals surface area (Å²) in [6.07, 6.45) is 2.74. The molecule has 5 nitrogen and oxygen atoms in total. The zero-order valence-corrected chi connectivity index (χ0v) is 12.1. The van der Waals surface area contributed by atoms with Crippen LogP contribution in [0, 0.1) is 5.92 Å². The first-order chi connectivity index (χ1) is 8.78. The number of hydrogen-bond acceptors (Lipinski definition) is 3. The highest BCUT2D eigenvalue weighted by Crippen LogP contribution is 2.22. The molecule has 1 rings (SSSR count). The molecule has 0 aliphatic carbocycles. The fourth-order valence-corrected chi connectivity index (χ4v) is 2.17. The maximum atomic E-state index is 11.9. The van der Waals surface area contributed by atoms with Gasteiger partial charge in [-0.3, -0.25) is 9.59 Å². The molecule has 1 saturated heterocycles. The molecule has 0 saturated carbocycles. The molecule has 0 aromatic rings. The zero-order valence-electron chi connectivity index (χ0n) is 12.1. The number of piperidine rings is 1. The van der Waals surface area contributed by atoms with Gasteiger partial charge in [0.15, 0.2) is 0 Å². The molecule has 0 bridgehead atoms. The van der Waals surface area contributed by atoms with Gasteiger partial charge in [-0.15, -0.1) is 0 Å². The fraction of sp³-hybridized carbons (Fsp3) is 0.857. The molecule has 0 aromatic carbocycles. The number of carboxylic acid groups (broad SMARTS) is 1. The fourth-order valence-electron chi connectivity index (χ4n) is 2.17. The predicted molar refractivity (Wildman–Crippen MR) is 71.9 cm³/mol. The van der Waals surface area contributed by atoms with Gasteiger partial charge in [-0.25, -0.2) is 0 Å². The summed E-state index contributed by atoms with van der Waals surface area (Å²) in [6, 6.07) is 0. The van der Waals surface area contributed by atoms with Crippen molar-refractivity contribution >= 4 is 11.9 Å². The summed E-state index contributed by atoms with van der Waals surface area (Å²) in [5, 5.41) is 8.65. The maximum Gasteiger partial charge on any atom is 0.303 e. The van der Waals surface area contributed by atoms with Crippen molar-refractivity contribution in [1.29, 1.82) is 0 Å². The molecule has 5 heteroatoms. The van der Waals surface area contributed by atoms with Gasteiger partial charge in [0.2, 0.25) is 5.91 Å². The van der Waals surface area contributed by atoms with E-state index in [0.29, 0.717) is 5.92 Å². The highest BCUT2D eigenvalue weighted by Gasteiger charge is 2.24. The third-order valence-electron chi connectivity index (χ3n) is 3.36. The minimum absolute atomic E-state index is 0.0339. The summed E-state index contributed by atoms with van der Waals surface area (Å²) >= 11 is 0. The summed E-state index contributed by atoms with van der Waals surface area (Å²) < 4.78 is 5.48. The molecule has 1 N–H and O–H groups in total. The maximum absolute atomic E-state index is 11.9. The molecular weight excluding hydrogens is 246 g/mol. The molecule has 1 fully saturated rings. The van der Waals surface area contributed by atoms with Crippen molar-refractivity contribution in [2.24, 2.45) is 5.92 Å². The van der Waals surface area contributed by atoms with Gasteiger partial charge in [-0.05, 0) is 46.0 Å². The lowest BCUT2D eigenvalue weighted by Crippen LogP contribution is -2.41. The van der Waals surface area contributed by atoms with Crippen LogP contribution in [0.5, 0.6) is 0 Å². The first kappa shape index (κ1) is 16.0. The van der Waals surface area contributed by atoms with Crippen LogP contribution in [0.2, 0.25) is 0 Å². The minimum Gasteiger partial charge on any atom is -0.481 e. The van der Waals surface area contributed by atoms with Crippen molar-refractivity contribution in [3.05, 3.63) is 0 Å². The van der Waals surface area contributed by atoms with Crippen LogP contribution in [-0.2, 0) is 14.3 Å². The SMILES string of the molecule is CC(C)(C)OCC(=O)N1CCC(CCC(=O)O)CC1. The monoisotopic (exact) mass is 271 g/mol. The van der Waals surface area contributed by atoms with Gasteiger partial charge in [0.05, 0.1) is 5.60 Å². The van der Waals surface area contributed by atoms with E-state index in [9.17, 15) is 9.59 Å². The second-order valence-corrected chi connectivity index (χ2v) is 6.16. The molecule has 0 aromatic heterocycles. The topological polar surface area (TPSA) is 66.8 Å². The highest BCUT2D eigenvalue weighted by atomic mass is 16.5. The van der Waals surface area contributed by atoms with Crippen molar-refractivity contribution in [2.75, 3.05) is 19.7 Å². The Morgan fingerprint density at radius 2 is 1.84 bits per heavy atom. The van der Waals surface area contributed by atoms with E-state index in [-0.39, 0.29) is 24.5 Å². The number of aliphatic carboxylic acids is 1. The van der Waals surface area contributed by atoms with Crippen LogP contribution in [-0.4, -0.2) is 47.2 Å². The number of nitrogens with zero attached hydrogens (tertiary/aromatic N) is 1. The molecule has 0 unspecified atom stereocenters. The van der Waals surface area contributed by atoms with Gasteiger partial charge >= 0.3 is 5.97 Å². The smallest absolute Gasteiger partial charge is 0.303 e. The van der Waals surface area contributed by atoms with Gasteiger partial charge in [0.25, 0.3) is 0 Å². The highest BCUT2D eigenvalue weighted by molar-refractivity contribution is 5.77. The van der Waals surface area contributed by atoms with E-state index < -0.39 is 5.97 Å². The zero-order chi connectivity index (χ0) is 14.5. The Morgan fingerprint density at radius 3 is 2.32 bits per heavy atom. The first-order valence-corrected chi connectivity index (χ1v) is 6.91. The van der Waals surface area contributed by atoms with Gasteiger partial charge in [-0.1, -0.05) is 0 Å². The lowest BCUT2D eigenvalue weighted by Gasteiger charge is -2.32. The van der Waals surface area contributed by atoms with Crippen LogP contribution in [0.1, 0.15) is 46.5 Å². The number of carbonyl (C=O) groups excluding carboxylic acids is 1. The summed E-state index contributed by atoms with van der Waals surface area (Å²) in [6.45, 7) is 7.35. The van der Waals surface area contributed by atoms with E-state index in [2.05, 4.69) is 0 Å². The molecule has 1 aliphatic rings. The molecule has 1 amide bonds. The Bertz CT molecular complexity index is 314. The first-order valence-electron chi connectivity index (χ1n) is 6.91. The van der Waals surface area contributed by atoms with Crippen LogP contribution in [0.3, 0.4) is 0 Å². The number of ether oxygens (including phenoxy) is 1.